The fourth-order valence-electron chi connectivity index (χ4n) is 2.49. The van der Waals surface area contributed by atoms with Gasteiger partial charge < -0.3 is 5.32 Å². The molecule has 2 nitrogen and oxygen atoms in total. The van der Waals surface area contributed by atoms with E-state index in [4.69, 9.17) is 0 Å². The minimum Gasteiger partial charge on any atom is -0.349 e. The predicted octanol–water partition coefficient (Wildman–Crippen LogP) is 4.44. The van der Waals surface area contributed by atoms with Crippen LogP contribution in [0.4, 0.5) is 22.0 Å². The molecular weight excluding hydrogens is 341 g/mol. The van der Waals surface area contributed by atoms with Gasteiger partial charge in [-0.25, -0.2) is 22.0 Å². The number of hydrogen-bond acceptors (Lipinski definition) is 1. The van der Waals surface area contributed by atoms with Crippen molar-refractivity contribution in [2.45, 2.75) is 26.3 Å². The Bertz CT molecular complexity index is 748. The number of rotatable bonds is 5. The number of carbonyl (C=O) groups is 1. The van der Waals surface area contributed by atoms with Gasteiger partial charge in [0.2, 0.25) is 11.7 Å². The standard InChI is InChI=1S/C18H16F5NO/c1-9(2)18(10-6-4-3-5-7-10)24-12(25)8-11-13(19)15(21)17(23)16(22)14(11)20/h3-7,9,18H,8H2,1-2H3,(H,24,25). The summed E-state index contributed by atoms with van der Waals surface area (Å²) in [6, 6.07) is 8.39. The van der Waals surface area contributed by atoms with E-state index in [0.717, 1.165) is 5.56 Å². The maximum atomic E-state index is 13.7. The van der Waals surface area contributed by atoms with Crippen molar-refractivity contribution in [3.05, 3.63) is 70.5 Å². The molecule has 7 heteroatoms. The first kappa shape index (κ1) is 18.9. The van der Waals surface area contributed by atoms with Crippen molar-refractivity contribution in [2.24, 2.45) is 5.92 Å². The molecule has 0 aromatic heterocycles. The van der Waals surface area contributed by atoms with E-state index in [1.807, 2.05) is 13.8 Å². The van der Waals surface area contributed by atoms with E-state index in [1.54, 1.807) is 30.3 Å². The third kappa shape index (κ3) is 3.97. The molecule has 1 atom stereocenters. The number of benzene rings is 2. The molecule has 0 radical (unpaired) electrons. The zero-order valence-corrected chi connectivity index (χ0v) is 13.5. The topological polar surface area (TPSA) is 29.1 Å². The summed E-state index contributed by atoms with van der Waals surface area (Å²) in [5.41, 5.74) is -0.382. The van der Waals surface area contributed by atoms with Crippen LogP contribution in [-0.4, -0.2) is 5.91 Å². The Hall–Kier alpha value is -2.44. The van der Waals surface area contributed by atoms with Crippen LogP contribution in [0.25, 0.3) is 0 Å². The third-order valence-corrected chi connectivity index (χ3v) is 3.78. The van der Waals surface area contributed by atoms with Gasteiger partial charge in [0.05, 0.1) is 12.5 Å². The highest BCUT2D eigenvalue weighted by Gasteiger charge is 2.27. The zero-order chi connectivity index (χ0) is 18.7. The van der Waals surface area contributed by atoms with Crippen molar-refractivity contribution < 1.29 is 26.7 Å². The molecule has 2 aromatic rings. The first-order chi connectivity index (χ1) is 11.7. The lowest BCUT2D eigenvalue weighted by atomic mass is 9.95. The highest BCUT2D eigenvalue weighted by molar-refractivity contribution is 5.79. The Kier molecular flexibility index (Phi) is 5.77. The maximum absolute atomic E-state index is 13.7. The lowest BCUT2D eigenvalue weighted by Gasteiger charge is -2.23. The zero-order valence-electron chi connectivity index (χ0n) is 13.5. The van der Waals surface area contributed by atoms with Crippen molar-refractivity contribution in [3.8, 4) is 0 Å². The Morgan fingerprint density at radius 3 is 1.84 bits per heavy atom. The molecule has 25 heavy (non-hydrogen) atoms. The number of carbonyl (C=O) groups excluding carboxylic acids is 1. The molecule has 1 N–H and O–H groups in total. The second kappa shape index (κ2) is 7.63. The Morgan fingerprint density at radius 1 is 0.880 bits per heavy atom. The van der Waals surface area contributed by atoms with Crippen molar-refractivity contribution in [2.75, 3.05) is 0 Å². The van der Waals surface area contributed by atoms with E-state index in [1.165, 1.54) is 0 Å². The Labute approximate surface area is 141 Å². The molecule has 1 amide bonds. The summed E-state index contributed by atoms with van der Waals surface area (Å²) in [5.74, 6) is -11.3. The van der Waals surface area contributed by atoms with E-state index in [9.17, 15) is 26.7 Å². The fourth-order valence-corrected chi connectivity index (χ4v) is 2.49. The Balaban J connectivity index is 2.25. The second-order valence-corrected chi connectivity index (χ2v) is 5.93. The number of hydrogen-bond donors (Lipinski definition) is 1. The van der Waals surface area contributed by atoms with E-state index in [2.05, 4.69) is 5.32 Å². The molecule has 0 saturated heterocycles. The summed E-state index contributed by atoms with van der Waals surface area (Å²) in [5, 5.41) is 2.58. The number of amides is 1. The summed E-state index contributed by atoms with van der Waals surface area (Å²) in [4.78, 5) is 12.1. The molecule has 2 aromatic carbocycles. The lowest BCUT2D eigenvalue weighted by Crippen LogP contribution is -2.33. The molecule has 134 valence electrons. The van der Waals surface area contributed by atoms with Crippen molar-refractivity contribution >= 4 is 5.91 Å². The van der Waals surface area contributed by atoms with Crippen LogP contribution in [0, 0.1) is 35.0 Å². The van der Waals surface area contributed by atoms with Gasteiger partial charge in [0.15, 0.2) is 23.3 Å². The first-order valence-corrected chi connectivity index (χ1v) is 7.58. The van der Waals surface area contributed by atoms with E-state index >= 15 is 0 Å². The van der Waals surface area contributed by atoms with Gasteiger partial charge in [-0.15, -0.1) is 0 Å². The van der Waals surface area contributed by atoms with Gasteiger partial charge in [-0.1, -0.05) is 44.2 Å². The highest BCUT2D eigenvalue weighted by Crippen LogP contribution is 2.25. The van der Waals surface area contributed by atoms with Gasteiger partial charge in [-0.2, -0.15) is 0 Å². The third-order valence-electron chi connectivity index (χ3n) is 3.78. The molecular formula is C18H16F5NO. The van der Waals surface area contributed by atoms with Crippen molar-refractivity contribution in [3.63, 3.8) is 0 Å². The maximum Gasteiger partial charge on any atom is 0.225 e. The summed E-state index contributed by atoms with van der Waals surface area (Å²) in [7, 11) is 0. The lowest BCUT2D eigenvalue weighted by molar-refractivity contribution is -0.121. The van der Waals surface area contributed by atoms with Crippen molar-refractivity contribution in [1.29, 1.82) is 0 Å². The average molecular weight is 357 g/mol. The summed E-state index contributed by atoms with van der Waals surface area (Å²) < 4.78 is 66.8. The van der Waals surface area contributed by atoms with Gasteiger partial charge in [0.25, 0.3) is 0 Å². The first-order valence-electron chi connectivity index (χ1n) is 7.58. The molecule has 0 spiro atoms. The van der Waals surface area contributed by atoms with Gasteiger partial charge in [-0.05, 0) is 11.5 Å². The van der Waals surface area contributed by atoms with Gasteiger partial charge in [-0.3, -0.25) is 4.79 Å². The molecule has 1 unspecified atom stereocenters. The van der Waals surface area contributed by atoms with Crippen LogP contribution in [0.15, 0.2) is 30.3 Å². The fraction of sp³-hybridized carbons (Fsp3) is 0.278. The summed E-state index contributed by atoms with van der Waals surface area (Å²) in [6.07, 6.45) is -0.957. The molecule has 0 aliphatic rings. The SMILES string of the molecule is CC(C)C(NC(=O)Cc1c(F)c(F)c(F)c(F)c1F)c1ccccc1. The van der Waals surface area contributed by atoms with Crippen LogP contribution in [0.5, 0.6) is 0 Å². The molecule has 0 aliphatic heterocycles. The normalized spacial score (nSPS) is 12.3. The number of halogens is 5. The van der Waals surface area contributed by atoms with Crippen LogP contribution >= 0.6 is 0 Å². The number of nitrogens with one attached hydrogen (secondary N) is 1. The van der Waals surface area contributed by atoms with Crippen LogP contribution in [0.3, 0.4) is 0 Å². The molecule has 0 bridgehead atoms. The minimum atomic E-state index is -2.25. The van der Waals surface area contributed by atoms with Crippen LogP contribution in [0.1, 0.15) is 31.0 Å². The molecule has 0 saturated carbocycles. The van der Waals surface area contributed by atoms with Gasteiger partial charge >= 0.3 is 0 Å². The predicted molar refractivity (Wildman–Crippen MR) is 82.1 cm³/mol. The highest BCUT2D eigenvalue weighted by atomic mass is 19.2. The molecule has 0 aliphatic carbocycles. The average Bonchev–Trinajstić information content (AvgIpc) is 2.60. The van der Waals surface area contributed by atoms with Gasteiger partial charge in [0, 0.05) is 5.56 Å². The molecule has 2 rings (SSSR count). The Morgan fingerprint density at radius 2 is 1.36 bits per heavy atom. The second-order valence-electron chi connectivity index (χ2n) is 5.93. The summed E-state index contributed by atoms with van der Waals surface area (Å²) in [6.45, 7) is 3.66. The minimum absolute atomic E-state index is 0.0530. The van der Waals surface area contributed by atoms with Crippen LogP contribution in [0.2, 0.25) is 0 Å². The van der Waals surface area contributed by atoms with Crippen LogP contribution < -0.4 is 5.32 Å². The van der Waals surface area contributed by atoms with E-state index in [-0.39, 0.29) is 5.92 Å². The van der Waals surface area contributed by atoms with E-state index < -0.39 is 53.0 Å². The largest absolute Gasteiger partial charge is 0.349 e. The molecule has 0 heterocycles. The summed E-state index contributed by atoms with van der Waals surface area (Å²) >= 11 is 0. The van der Waals surface area contributed by atoms with E-state index in [0.29, 0.717) is 0 Å². The van der Waals surface area contributed by atoms with Crippen LogP contribution in [-0.2, 0) is 11.2 Å². The van der Waals surface area contributed by atoms with Gasteiger partial charge in [0.1, 0.15) is 0 Å². The van der Waals surface area contributed by atoms with Crippen molar-refractivity contribution in [1.82, 2.24) is 5.32 Å². The smallest absolute Gasteiger partial charge is 0.225 e. The quantitative estimate of drug-likeness (QED) is 0.479. The monoisotopic (exact) mass is 357 g/mol. The molecule has 0 fully saturated rings.